The topological polar surface area (TPSA) is 32.3 Å². The van der Waals surface area contributed by atoms with Gasteiger partial charge in [0.25, 0.3) is 0 Å². The summed E-state index contributed by atoms with van der Waals surface area (Å²) in [6.07, 6.45) is 0. The van der Waals surface area contributed by atoms with E-state index in [1.165, 1.54) is 0 Å². The molecular formula is C10H16BrNO. The van der Waals surface area contributed by atoms with E-state index in [-0.39, 0.29) is 17.0 Å². The van der Waals surface area contributed by atoms with Crippen molar-refractivity contribution in [2.75, 3.05) is 6.54 Å². The van der Waals surface area contributed by atoms with Crippen LogP contribution < -0.4 is 5.32 Å². The van der Waals surface area contributed by atoms with Crippen molar-refractivity contribution in [1.29, 1.82) is 0 Å². The maximum absolute atomic E-state index is 9.20. The van der Waals surface area contributed by atoms with Crippen LogP contribution in [-0.2, 0) is 0 Å². The van der Waals surface area contributed by atoms with Gasteiger partial charge in [0.2, 0.25) is 0 Å². The third-order valence-corrected chi connectivity index (χ3v) is 1.88. The Morgan fingerprint density at radius 2 is 2.15 bits per heavy atom. The maximum atomic E-state index is 9.20. The van der Waals surface area contributed by atoms with E-state index in [4.69, 9.17) is 0 Å². The second-order valence-electron chi connectivity index (χ2n) is 2.87. The van der Waals surface area contributed by atoms with Crippen LogP contribution in [0.5, 0.6) is 5.75 Å². The van der Waals surface area contributed by atoms with Gasteiger partial charge in [-0.3, -0.25) is 0 Å². The van der Waals surface area contributed by atoms with Crippen molar-refractivity contribution < 1.29 is 5.11 Å². The third kappa shape index (κ3) is 3.79. The van der Waals surface area contributed by atoms with E-state index >= 15 is 0 Å². The molecule has 0 spiro atoms. The molecule has 0 bridgehead atoms. The lowest BCUT2D eigenvalue weighted by Gasteiger charge is -2.12. The first-order valence-electron chi connectivity index (χ1n) is 4.26. The Morgan fingerprint density at radius 1 is 1.46 bits per heavy atom. The first-order valence-corrected chi connectivity index (χ1v) is 4.26. The molecule has 1 aromatic carbocycles. The molecule has 2 nitrogen and oxygen atoms in total. The van der Waals surface area contributed by atoms with E-state index < -0.39 is 0 Å². The number of benzene rings is 1. The Kier molecular flexibility index (Phi) is 5.75. The summed E-state index contributed by atoms with van der Waals surface area (Å²) in [5, 5.41) is 12.5. The van der Waals surface area contributed by atoms with E-state index in [2.05, 4.69) is 19.2 Å². The molecule has 0 amide bonds. The van der Waals surface area contributed by atoms with Gasteiger partial charge in [0.05, 0.1) is 0 Å². The van der Waals surface area contributed by atoms with E-state index in [1.54, 1.807) is 12.1 Å². The van der Waals surface area contributed by atoms with Crippen LogP contribution in [0.1, 0.15) is 25.5 Å². The molecule has 13 heavy (non-hydrogen) atoms. The normalized spacial score (nSPS) is 11.8. The third-order valence-electron chi connectivity index (χ3n) is 1.88. The van der Waals surface area contributed by atoms with Crippen LogP contribution in [0.2, 0.25) is 0 Å². The van der Waals surface area contributed by atoms with Crippen LogP contribution >= 0.6 is 17.0 Å². The highest BCUT2D eigenvalue weighted by molar-refractivity contribution is 8.93. The molecule has 0 aliphatic heterocycles. The van der Waals surface area contributed by atoms with Crippen molar-refractivity contribution in [2.45, 2.75) is 19.9 Å². The van der Waals surface area contributed by atoms with Crippen LogP contribution in [0.15, 0.2) is 24.3 Å². The fourth-order valence-corrected chi connectivity index (χ4v) is 1.22. The number of rotatable bonds is 3. The zero-order valence-corrected chi connectivity index (χ0v) is 9.66. The summed E-state index contributed by atoms with van der Waals surface area (Å²) >= 11 is 0. The van der Waals surface area contributed by atoms with Gasteiger partial charge in [-0.05, 0) is 31.2 Å². The standard InChI is InChI=1S/C10H15NO.BrH/c1-3-11-8(2)9-5-4-6-10(12)7-9;/h4-8,11-12H,3H2,1-2H3;1H. The minimum atomic E-state index is 0. The van der Waals surface area contributed by atoms with Gasteiger partial charge in [0, 0.05) is 6.04 Å². The number of phenols is 1. The molecule has 0 aromatic heterocycles. The Hall–Kier alpha value is -0.540. The molecular weight excluding hydrogens is 230 g/mol. The number of phenolic OH excluding ortho intramolecular Hbond substituents is 1. The number of hydrogen-bond acceptors (Lipinski definition) is 2. The predicted octanol–water partition coefficient (Wildman–Crippen LogP) is 2.64. The monoisotopic (exact) mass is 245 g/mol. The van der Waals surface area contributed by atoms with Gasteiger partial charge in [-0.15, -0.1) is 17.0 Å². The number of halogens is 1. The molecule has 0 saturated heterocycles. The lowest BCUT2D eigenvalue weighted by Crippen LogP contribution is -2.17. The maximum Gasteiger partial charge on any atom is 0.115 e. The van der Waals surface area contributed by atoms with Gasteiger partial charge >= 0.3 is 0 Å². The summed E-state index contributed by atoms with van der Waals surface area (Å²) in [5.41, 5.74) is 1.12. The Balaban J connectivity index is 0.00000144. The quantitative estimate of drug-likeness (QED) is 0.859. The van der Waals surface area contributed by atoms with Crippen molar-refractivity contribution >= 4 is 17.0 Å². The van der Waals surface area contributed by atoms with Crippen LogP contribution in [0.25, 0.3) is 0 Å². The van der Waals surface area contributed by atoms with E-state index in [1.807, 2.05) is 12.1 Å². The van der Waals surface area contributed by atoms with Crippen molar-refractivity contribution in [1.82, 2.24) is 5.32 Å². The molecule has 0 heterocycles. The summed E-state index contributed by atoms with van der Waals surface area (Å²) < 4.78 is 0. The Morgan fingerprint density at radius 3 is 2.69 bits per heavy atom. The average molecular weight is 246 g/mol. The molecule has 0 radical (unpaired) electrons. The first-order chi connectivity index (χ1) is 5.74. The summed E-state index contributed by atoms with van der Waals surface area (Å²) in [5.74, 6) is 0.331. The highest BCUT2D eigenvalue weighted by Gasteiger charge is 2.02. The lowest BCUT2D eigenvalue weighted by atomic mass is 10.1. The molecule has 74 valence electrons. The van der Waals surface area contributed by atoms with Gasteiger partial charge in [-0.25, -0.2) is 0 Å². The highest BCUT2D eigenvalue weighted by Crippen LogP contribution is 2.17. The number of nitrogens with one attached hydrogen (secondary N) is 1. The molecule has 0 aliphatic rings. The van der Waals surface area contributed by atoms with Crippen molar-refractivity contribution in [3.8, 4) is 5.75 Å². The molecule has 0 fully saturated rings. The van der Waals surface area contributed by atoms with Crippen LogP contribution in [0.3, 0.4) is 0 Å². The van der Waals surface area contributed by atoms with Gasteiger partial charge in [-0.2, -0.15) is 0 Å². The van der Waals surface area contributed by atoms with Gasteiger partial charge in [0.1, 0.15) is 5.75 Å². The Bertz CT molecular complexity index is 252. The lowest BCUT2D eigenvalue weighted by molar-refractivity contribution is 0.472. The zero-order valence-electron chi connectivity index (χ0n) is 7.95. The second-order valence-corrected chi connectivity index (χ2v) is 2.87. The second kappa shape index (κ2) is 6.00. The molecule has 0 saturated carbocycles. The largest absolute Gasteiger partial charge is 0.508 e. The van der Waals surface area contributed by atoms with E-state index in [9.17, 15) is 5.11 Å². The molecule has 1 unspecified atom stereocenters. The molecule has 1 aromatic rings. The van der Waals surface area contributed by atoms with Crippen LogP contribution in [0.4, 0.5) is 0 Å². The highest BCUT2D eigenvalue weighted by atomic mass is 79.9. The molecule has 1 rings (SSSR count). The van der Waals surface area contributed by atoms with E-state index in [0.29, 0.717) is 11.8 Å². The molecule has 0 aliphatic carbocycles. The van der Waals surface area contributed by atoms with Crippen molar-refractivity contribution in [3.05, 3.63) is 29.8 Å². The van der Waals surface area contributed by atoms with Gasteiger partial charge in [0.15, 0.2) is 0 Å². The average Bonchev–Trinajstić information content (AvgIpc) is 2.05. The Labute approximate surface area is 89.7 Å². The molecule has 3 heteroatoms. The van der Waals surface area contributed by atoms with Gasteiger partial charge < -0.3 is 10.4 Å². The summed E-state index contributed by atoms with van der Waals surface area (Å²) in [4.78, 5) is 0. The zero-order chi connectivity index (χ0) is 8.97. The number of hydrogen-bond donors (Lipinski definition) is 2. The van der Waals surface area contributed by atoms with Crippen LogP contribution in [0, 0.1) is 0 Å². The minimum Gasteiger partial charge on any atom is -0.508 e. The fourth-order valence-electron chi connectivity index (χ4n) is 1.22. The van der Waals surface area contributed by atoms with Crippen molar-refractivity contribution in [2.24, 2.45) is 0 Å². The minimum absolute atomic E-state index is 0. The van der Waals surface area contributed by atoms with Gasteiger partial charge in [-0.1, -0.05) is 19.1 Å². The number of aromatic hydroxyl groups is 1. The van der Waals surface area contributed by atoms with Crippen LogP contribution in [-0.4, -0.2) is 11.7 Å². The predicted molar refractivity (Wildman–Crippen MR) is 60.5 cm³/mol. The molecule has 2 N–H and O–H groups in total. The summed E-state index contributed by atoms with van der Waals surface area (Å²) in [7, 11) is 0. The smallest absolute Gasteiger partial charge is 0.115 e. The SMILES string of the molecule is Br.CCNC(C)c1cccc(O)c1. The first kappa shape index (κ1) is 12.5. The molecule has 1 atom stereocenters. The van der Waals surface area contributed by atoms with E-state index in [0.717, 1.165) is 12.1 Å². The summed E-state index contributed by atoms with van der Waals surface area (Å²) in [6.45, 7) is 5.09. The summed E-state index contributed by atoms with van der Waals surface area (Å²) in [6, 6.07) is 7.64. The van der Waals surface area contributed by atoms with Crippen molar-refractivity contribution in [3.63, 3.8) is 0 Å². The fraction of sp³-hybridized carbons (Fsp3) is 0.400.